The zero-order valence-corrected chi connectivity index (χ0v) is 27.2. The summed E-state index contributed by atoms with van der Waals surface area (Å²) >= 11 is 0. The maximum absolute atomic E-state index is 14.9. The summed E-state index contributed by atoms with van der Waals surface area (Å²) in [5.41, 5.74) is -0.670. The Morgan fingerprint density at radius 2 is 1.68 bits per heavy atom. The summed E-state index contributed by atoms with van der Waals surface area (Å²) < 4.78 is 0. The number of carboxylic acid groups (broad SMARTS) is 1. The monoisotopic (exact) mass is 610 g/mol. The SMILES string of the molecule is CC(=CC(O)CC(C)C1CC(O)C2(C)C3=C4C(=O)CC12CCCCCC41CCC(=O)C(C)(C2CCCC2)C1CC3O)C(=O)O. The van der Waals surface area contributed by atoms with Crippen LogP contribution in [-0.4, -0.2) is 56.3 Å². The zero-order chi connectivity index (χ0) is 31.8. The fourth-order valence-corrected chi connectivity index (χ4v) is 12.5. The van der Waals surface area contributed by atoms with Crippen LogP contribution in [0, 0.1) is 45.3 Å². The minimum Gasteiger partial charge on any atom is -0.478 e. The first-order chi connectivity index (χ1) is 20.7. The molecule has 0 saturated heterocycles. The van der Waals surface area contributed by atoms with Gasteiger partial charge in [-0.05, 0) is 99.0 Å². The Labute approximate surface area is 262 Å². The van der Waals surface area contributed by atoms with E-state index >= 15 is 0 Å². The Balaban J connectivity index is 1.48. The first-order valence-corrected chi connectivity index (χ1v) is 17.5. The average Bonchev–Trinajstić information content (AvgIpc) is 3.58. The smallest absolute Gasteiger partial charge is 0.331 e. The fraction of sp³-hybridized carbons (Fsp3) is 0.811. The summed E-state index contributed by atoms with van der Waals surface area (Å²) in [6.07, 6.45) is 10.5. The Hall–Kier alpha value is -1.83. The highest BCUT2D eigenvalue weighted by Crippen LogP contribution is 2.74. The number of aliphatic hydroxyl groups excluding tert-OH is 3. The van der Waals surface area contributed by atoms with E-state index in [1.54, 1.807) is 0 Å². The van der Waals surface area contributed by atoms with Crippen LogP contribution in [0.25, 0.3) is 0 Å². The van der Waals surface area contributed by atoms with E-state index in [4.69, 9.17) is 0 Å². The maximum atomic E-state index is 14.9. The summed E-state index contributed by atoms with van der Waals surface area (Å²) in [4.78, 5) is 40.2. The van der Waals surface area contributed by atoms with Crippen molar-refractivity contribution in [1.82, 2.24) is 0 Å². The molecule has 0 aromatic heterocycles. The number of allylic oxidation sites excluding steroid dienone is 1. The third-order valence-corrected chi connectivity index (χ3v) is 14.6. The summed E-state index contributed by atoms with van der Waals surface area (Å²) in [7, 11) is 0. The van der Waals surface area contributed by atoms with Gasteiger partial charge in [-0.2, -0.15) is 0 Å². The number of carbonyl (C=O) groups excluding carboxylic acids is 2. The molecule has 0 aromatic carbocycles. The molecule has 4 fully saturated rings. The fourth-order valence-electron chi connectivity index (χ4n) is 12.5. The number of aliphatic hydroxyl groups is 3. The van der Waals surface area contributed by atoms with Gasteiger partial charge in [-0.1, -0.05) is 52.9 Å². The van der Waals surface area contributed by atoms with Crippen LogP contribution in [0.3, 0.4) is 0 Å². The number of ketones is 2. The molecule has 0 amide bonds. The normalized spacial score (nSPS) is 44.4. The first-order valence-electron chi connectivity index (χ1n) is 17.5. The second-order valence-electron chi connectivity index (χ2n) is 16.2. The standard InChI is InChI=1S/C37H54O7/c1-21(16-24(38)17-22(2)33(43)44)25-18-30(42)35(4)31-26(39)19-28-34(3,23-10-6-7-11-23)29(41)12-15-36(28)13-8-5-9-14-37(25,35)20-27(40)32(31)36/h17,21,23-26,28,30,38-39,42H,5-16,18-20H2,1-4H3,(H,43,44). The predicted octanol–water partition coefficient (Wildman–Crippen LogP) is 5.94. The maximum Gasteiger partial charge on any atom is 0.331 e. The number of carbonyl (C=O) groups is 3. The second-order valence-corrected chi connectivity index (χ2v) is 16.2. The number of aliphatic carboxylic acids is 1. The summed E-state index contributed by atoms with van der Waals surface area (Å²) in [5.74, 6) is -0.542. The molecule has 6 rings (SSSR count). The number of carboxylic acids is 1. The molecule has 0 aromatic rings. The molecule has 10 unspecified atom stereocenters. The van der Waals surface area contributed by atoms with E-state index in [1.807, 2.05) is 0 Å². The average molecular weight is 611 g/mol. The van der Waals surface area contributed by atoms with Gasteiger partial charge in [-0.25, -0.2) is 4.79 Å². The molecule has 44 heavy (non-hydrogen) atoms. The largest absolute Gasteiger partial charge is 0.478 e. The molecule has 244 valence electrons. The molecule has 6 aliphatic carbocycles. The van der Waals surface area contributed by atoms with Gasteiger partial charge < -0.3 is 20.4 Å². The highest BCUT2D eigenvalue weighted by Gasteiger charge is 2.72. The number of Topliss-reactive ketones (excluding diaryl/α,β-unsaturated/α-hetero) is 2. The topological polar surface area (TPSA) is 132 Å². The van der Waals surface area contributed by atoms with Gasteiger partial charge in [0.1, 0.15) is 5.78 Å². The van der Waals surface area contributed by atoms with Crippen molar-refractivity contribution in [2.75, 3.05) is 0 Å². The van der Waals surface area contributed by atoms with Crippen LogP contribution in [0.15, 0.2) is 22.8 Å². The molecule has 4 N–H and O–H groups in total. The Bertz CT molecular complexity index is 1280. The van der Waals surface area contributed by atoms with Gasteiger partial charge in [-0.15, -0.1) is 0 Å². The van der Waals surface area contributed by atoms with E-state index < -0.39 is 45.9 Å². The second kappa shape index (κ2) is 11.2. The van der Waals surface area contributed by atoms with Gasteiger partial charge in [0.15, 0.2) is 5.78 Å². The van der Waals surface area contributed by atoms with Gasteiger partial charge in [0, 0.05) is 40.2 Å². The molecule has 4 saturated carbocycles. The van der Waals surface area contributed by atoms with Crippen LogP contribution >= 0.6 is 0 Å². The molecular weight excluding hydrogens is 556 g/mol. The van der Waals surface area contributed by atoms with E-state index in [0.717, 1.165) is 68.9 Å². The zero-order valence-electron chi connectivity index (χ0n) is 27.2. The van der Waals surface area contributed by atoms with Crippen molar-refractivity contribution in [2.45, 2.75) is 142 Å². The van der Waals surface area contributed by atoms with E-state index in [0.29, 0.717) is 50.2 Å². The lowest BCUT2D eigenvalue weighted by Gasteiger charge is -2.64. The Morgan fingerprint density at radius 1 is 1.00 bits per heavy atom. The van der Waals surface area contributed by atoms with E-state index in [-0.39, 0.29) is 29.1 Å². The van der Waals surface area contributed by atoms with Crippen molar-refractivity contribution in [3.8, 4) is 0 Å². The predicted molar refractivity (Wildman–Crippen MR) is 166 cm³/mol. The van der Waals surface area contributed by atoms with Crippen LogP contribution in [-0.2, 0) is 14.4 Å². The van der Waals surface area contributed by atoms with Crippen LogP contribution in [0.5, 0.6) is 0 Å². The molecule has 2 spiro atoms. The first kappa shape index (κ1) is 32.1. The molecule has 0 aliphatic heterocycles. The molecular formula is C37H54O7. The number of fused-ring (bicyclic) bond motifs is 2. The number of rotatable bonds is 6. The lowest BCUT2D eigenvalue weighted by atomic mass is 9.39. The lowest BCUT2D eigenvalue weighted by molar-refractivity contribution is -0.157. The summed E-state index contributed by atoms with van der Waals surface area (Å²) in [6.45, 7) is 7.82. The molecule has 0 radical (unpaired) electrons. The minimum absolute atomic E-state index is 0.0642. The minimum atomic E-state index is -1.06. The van der Waals surface area contributed by atoms with Crippen LogP contribution < -0.4 is 0 Å². The highest BCUT2D eigenvalue weighted by atomic mass is 16.4. The number of hydrogen-bond donors (Lipinski definition) is 4. The summed E-state index contributed by atoms with van der Waals surface area (Å²) in [6, 6.07) is 0. The third-order valence-electron chi connectivity index (χ3n) is 14.6. The van der Waals surface area contributed by atoms with Crippen molar-refractivity contribution in [1.29, 1.82) is 0 Å². The van der Waals surface area contributed by atoms with Gasteiger partial charge in [0.25, 0.3) is 0 Å². The number of hydrogen-bond acceptors (Lipinski definition) is 6. The van der Waals surface area contributed by atoms with Crippen LogP contribution in [0.2, 0.25) is 0 Å². The molecule has 6 aliphatic rings. The molecule has 0 heterocycles. The van der Waals surface area contributed by atoms with Crippen molar-refractivity contribution in [3.63, 3.8) is 0 Å². The van der Waals surface area contributed by atoms with E-state index in [9.17, 15) is 34.8 Å². The van der Waals surface area contributed by atoms with E-state index in [2.05, 4.69) is 20.8 Å². The Morgan fingerprint density at radius 3 is 2.36 bits per heavy atom. The van der Waals surface area contributed by atoms with Crippen molar-refractivity contribution >= 4 is 17.5 Å². The third kappa shape index (κ3) is 4.34. The van der Waals surface area contributed by atoms with Gasteiger partial charge >= 0.3 is 5.97 Å². The van der Waals surface area contributed by atoms with Gasteiger partial charge in [-0.3, -0.25) is 9.59 Å². The van der Waals surface area contributed by atoms with Gasteiger partial charge in [0.2, 0.25) is 0 Å². The van der Waals surface area contributed by atoms with Crippen LogP contribution in [0.1, 0.15) is 124 Å². The molecule has 10 atom stereocenters. The molecule has 2 bridgehead atoms. The van der Waals surface area contributed by atoms with Gasteiger partial charge in [0.05, 0.1) is 18.3 Å². The molecule has 7 nitrogen and oxygen atoms in total. The quantitative estimate of drug-likeness (QED) is 0.274. The molecule has 7 heteroatoms. The van der Waals surface area contributed by atoms with Crippen molar-refractivity contribution in [2.24, 2.45) is 45.3 Å². The van der Waals surface area contributed by atoms with E-state index in [1.165, 1.54) is 13.0 Å². The Kier molecular flexibility index (Phi) is 8.14. The van der Waals surface area contributed by atoms with Crippen LogP contribution in [0.4, 0.5) is 0 Å². The van der Waals surface area contributed by atoms with Crippen molar-refractivity contribution in [3.05, 3.63) is 22.8 Å². The summed E-state index contributed by atoms with van der Waals surface area (Å²) in [5, 5.41) is 44.5. The lowest BCUT2D eigenvalue weighted by Crippen LogP contribution is -2.63. The van der Waals surface area contributed by atoms with Crippen molar-refractivity contribution < 1.29 is 34.8 Å². The highest BCUT2D eigenvalue weighted by molar-refractivity contribution is 6.01.